The van der Waals surface area contributed by atoms with Gasteiger partial charge < -0.3 is 15.5 Å². The summed E-state index contributed by atoms with van der Waals surface area (Å²) in [5.41, 5.74) is -0.190. The van der Waals surface area contributed by atoms with Gasteiger partial charge in [-0.3, -0.25) is 4.79 Å². The molecule has 1 saturated carbocycles. The molecule has 2 N–H and O–H groups in total. The highest BCUT2D eigenvalue weighted by Gasteiger charge is 2.51. The average Bonchev–Trinajstić information content (AvgIpc) is 2.59. The summed E-state index contributed by atoms with van der Waals surface area (Å²) >= 11 is 5.62. The van der Waals surface area contributed by atoms with Crippen molar-refractivity contribution >= 4 is 23.5 Å². The minimum absolute atomic E-state index is 0.188. The van der Waals surface area contributed by atoms with E-state index in [2.05, 4.69) is 10.6 Å². The van der Waals surface area contributed by atoms with E-state index in [9.17, 15) is 31.5 Å². The molecule has 3 amide bonds. The molecule has 2 aliphatic rings. The quantitative estimate of drug-likeness (QED) is 0.556. The van der Waals surface area contributed by atoms with Crippen LogP contribution in [0.4, 0.5) is 26.7 Å². The summed E-state index contributed by atoms with van der Waals surface area (Å²) < 4.78 is 66.8. The summed E-state index contributed by atoms with van der Waals surface area (Å²) in [6.07, 6.45) is -5.00. The van der Waals surface area contributed by atoms with E-state index in [1.54, 1.807) is 0 Å². The van der Waals surface area contributed by atoms with Gasteiger partial charge in [-0.25, -0.2) is 13.6 Å². The number of carbonyl (C=O) groups is 2. The van der Waals surface area contributed by atoms with Gasteiger partial charge in [0.1, 0.15) is 22.7 Å². The zero-order chi connectivity index (χ0) is 21.5. The first-order valence-corrected chi connectivity index (χ1v) is 9.43. The summed E-state index contributed by atoms with van der Waals surface area (Å²) in [6.45, 7) is 1.91. The molecule has 160 valence electrons. The van der Waals surface area contributed by atoms with Crippen LogP contribution >= 0.6 is 11.6 Å². The first-order valence-electron chi connectivity index (χ1n) is 9.05. The zero-order valence-corrected chi connectivity index (χ0v) is 16.1. The largest absolute Gasteiger partial charge is 0.391 e. The lowest BCUT2D eigenvalue weighted by Crippen LogP contribution is -2.59. The predicted molar refractivity (Wildman–Crippen MR) is 94.1 cm³/mol. The third kappa shape index (κ3) is 4.26. The van der Waals surface area contributed by atoms with Crippen LogP contribution in [0.25, 0.3) is 0 Å². The van der Waals surface area contributed by atoms with Crippen molar-refractivity contribution < 1.29 is 31.5 Å². The first kappa shape index (κ1) is 21.6. The number of urea groups is 1. The Morgan fingerprint density at radius 1 is 1.31 bits per heavy atom. The molecule has 0 spiro atoms. The summed E-state index contributed by atoms with van der Waals surface area (Å²) in [5.74, 6) is -4.78. The van der Waals surface area contributed by atoms with Gasteiger partial charge in [-0.05, 0) is 31.7 Å². The number of alkyl halides is 3. The van der Waals surface area contributed by atoms with Gasteiger partial charge in [0.05, 0.1) is 12.0 Å². The van der Waals surface area contributed by atoms with Crippen molar-refractivity contribution in [2.45, 2.75) is 38.0 Å². The number of amides is 3. The second kappa shape index (κ2) is 7.97. The summed E-state index contributed by atoms with van der Waals surface area (Å²) in [7, 11) is 0. The van der Waals surface area contributed by atoms with E-state index in [-0.39, 0.29) is 37.4 Å². The lowest BCUT2D eigenvalue weighted by molar-refractivity contribution is -0.206. The molecule has 1 unspecified atom stereocenters. The second-order valence-electron chi connectivity index (χ2n) is 7.32. The minimum atomic E-state index is -4.39. The molecule has 1 aromatic rings. The maximum atomic E-state index is 14.6. The maximum Gasteiger partial charge on any atom is 0.391 e. The number of halogens is 6. The van der Waals surface area contributed by atoms with Gasteiger partial charge in [-0.1, -0.05) is 17.7 Å². The molecule has 5 nitrogen and oxygen atoms in total. The molecule has 11 heteroatoms. The highest BCUT2D eigenvalue weighted by atomic mass is 35.5. The molecule has 0 bridgehead atoms. The van der Waals surface area contributed by atoms with Gasteiger partial charge in [-0.2, -0.15) is 13.2 Å². The summed E-state index contributed by atoms with van der Waals surface area (Å²) in [4.78, 5) is 25.7. The monoisotopic (exact) mass is 439 g/mol. The minimum Gasteiger partial charge on any atom is -0.353 e. The second-order valence-corrected chi connectivity index (χ2v) is 7.70. The number of hydrogen-bond acceptors (Lipinski definition) is 2. The molecule has 0 radical (unpaired) electrons. The van der Waals surface area contributed by atoms with Gasteiger partial charge in [0.25, 0.3) is 0 Å². The van der Waals surface area contributed by atoms with Crippen LogP contribution in [0.15, 0.2) is 12.1 Å². The molecule has 2 atom stereocenters. The smallest absolute Gasteiger partial charge is 0.353 e. The number of benzene rings is 1. The first-order chi connectivity index (χ1) is 13.5. The van der Waals surface area contributed by atoms with E-state index in [1.165, 1.54) is 11.8 Å². The molecule has 1 aromatic carbocycles. The lowest BCUT2D eigenvalue weighted by atomic mass is 9.69. The van der Waals surface area contributed by atoms with Crippen molar-refractivity contribution in [3.63, 3.8) is 0 Å². The normalized spacial score (nSPS) is 25.8. The highest BCUT2D eigenvalue weighted by molar-refractivity contribution is 6.31. The Morgan fingerprint density at radius 2 is 1.97 bits per heavy atom. The van der Waals surface area contributed by atoms with Gasteiger partial charge in [0.2, 0.25) is 5.91 Å². The molecular weight excluding hydrogens is 421 g/mol. The van der Waals surface area contributed by atoms with Crippen LogP contribution in [0, 0.1) is 23.5 Å². The SMILES string of the molecule is C[C@@H]1C(=O)NCCN1C(=O)NC(c1ccc(F)c(Cl)c1F)C1CC(C(F)(F)F)C1. The molecule has 2 fully saturated rings. The predicted octanol–water partition coefficient (Wildman–Crippen LogP) is 3.78. The highest BCUT2D eigenvalue weighted by Crippen LogP contribution is 2.50. The molecule has 1 heterocycles. The van der Waals surface area contributed by atoms with Crippen molar-refractivity contribution in [1.82, 2.24) is 15.5 Å². The Bertz CT molecular complexity index is 813. The third-order valence-electron chi connectivity index (χ3n) is 5.55. The molecule has 1 aliphatic heterocycles. The Hall–Kier alpha value is -2.10. The van der Waals surface area contributed by atoms with E-state index in [0.29, 0.717) is 0 Å². The van der Waals surface area contributed by atoms with Crippen LogP contribution in [-0.2, 0) is 4.79 Å². The van der Waals surface area contributed by atoms with E-state index in [4.69, 9.17) is 11.6 Å². The zero-order valence-electron chi connectivity index (χ0n) is 15.3. The molecule has 0 aromatic heterocycles. The Kier molecular flexibility index (Phi) is 5.93. The van der Waals surface area contributed by atoms with Crippen molar-refractivity contribution in [1.29, 1.82) is 0 Å². The van der Waals surface area contributed by atoms with E-state index < -0.39 is 52.8 Å². The maximum absolute atomic E-state index is 14.6. The van der Waals surface area contributed by atoms with Gasteiger partial charge in [-0.15, -0.1) is 0 Å². The number of hydrogen-bond donors (Lipinski definition) is 2. The molecular formula is C18H19ClF5N3O2. The van der Waals surface area contributed by atoms with E-state index in [0.717, 1.165) is 12.1 Å². The van der Waals surface area contributed by atoms with Gasteiger partial charge in [0, 0.05) is 18.7 Å². The van der Waals surface area contributed by atoms with Crippen molar-refractivity contribution in [3.05, 3.63) is 34.4 Å². The van der Waals surface area contributed by atoms with Crippen LogP contribution in [0.5, 0.6) is 0 Å². The summed E-state index contributed by atoms with van der Waals surface area (Å²) in [6, 6.07) is -0.690. The van der Waals surface area contributed by atoms with Crippen LogP contribution < -0.4 is 10.6 Å². The fourth-order valence-electron chi connectivity index (χ4n) is 3.71. The molecule has 3 rings (SSSR count). The number of carbonyl (C=O) groups excluding carboxylic acids is 2. The molecule has 1 saturated heterocycles. The Balaban J connectivity index is 1.85. The fraction of sp³-hybridized carbons (Fsp3) is 0.556. The third-order valence-corrected chi connectivity index (χ3v) is 5.89. The standard InChI is InChI=1S/C18H19ClF5N3O2/c1-8-16(28)25-4-5-27(8)17(29)26-15(9-6-10(7-9)18(22,23)24)11-2-3-12(20)13(19)14(11)21/h2-3,8-10,15H,4-7H2,1H3,(H,25,28)(H,26,29)/t8-,9?,10?,15?/m1/s1. The molecule has 29 heavy (non-hydrogen) atoms. The Morgan fingerprint density at radius 3 is 2.59 bits per heavy atom. The lowest BCUT2D eigenvalue weighted by Gasteiger charge is -2.43. The van der Waals surface area contributed by atoms with Crippen LogP contribution in [-0.4, -0.2) is 42.1 Å². The van der Waals surface area contributed by atoms with Crippen molar-refractivity contribution in [2.75, 3.05) is 13.1 Å². The fourth-order valence-corrected chi connectivity index (χ4v) is 3.88. The van der Waals surface area contributed by atoms with Crippen LogP contribution in [0.3, 0.4) is 0 Å². The van der Waals surface area contributed by atoms with E-state index in [1.807, 2.05) is 0 Å². The number of nitrogens with one attached hydrogen (secondary N) is 2. The van der Waals surface area contributed by atoms with Crippen molar-refractivity contribution in [2.24, 2.45) is 11.8 Å². The van der Waals surface area contributed by atoms with Crippen molar-refractivity contribution in [3.8, 4) is 0 Å². The topological polar surface area (TPSA) is 61.4 Å². The number of nitrogens with zero attached hydrogens (tertiary/aromatic N) is 1. The number of piperazine rings is 1. The molecule has 1 aliphatic carbocycles. The van der Waals surface area contributed by atoms with Gasteiger partial charge >= 0.3 is 12.2 Å². The van der Waals surface area contributed by atoms with Crippen LogP contribution in [0.2, 0.25) is 5.02 Å². The Labute approximate surface area is 168 Å². The van der Waals surface area contributed by atoms with Gasteiger partial charge in [0.15, 0.2) is 0 Å². The summed E-state index contributed by atoms with van der Waals surface area (Å²) in [5, 5.41) is 4.33. The van der Waals surface area contributed by atoms with E-state index >= 15 is 0 Å². The average molecular weight is 440 g/mol. The van der Waals surface area contributed by atoms with Crippen LogP contribution in [0.1, 0.15) is 31.4 Å². The number of rotatable bonds is 3.